The molecule has 1 amide bonds. The highest BCUT2D eigenvalue weighted by molar-refractivity contribution is 6.05. The van der Waals surface area contributed by atoms with Gasteiger partial charge in [0, 0.05) is 6.04 Å². The van der Waals surface area contributed by atoms with Gasteiger partial charge in [0.1, 0.15) is 6.04 Å². The van der Waals surface area contributed by atoms with Gasteiger partial charge in [-0.3, -0.25) is 15.1 Å². The van der Waals surface area contributed by atoms with E-state index in [2.05, 4.69) is 5.32 Å². The van der Waals surface area contributed by atoms with E-state index >= 15 is 0 Å². The van der Waals surface area contributed by atoms with Crippen molar-refractivity contribution in [2.24, 2.45) is 5.92 Å². The SMILES string of the molecule is N=C1NC(CCC2CCCCC2)C(=O)N1C1CC1. The number of carbonyl (C=O) groups is 1. The minimum atomic E-state index is -0.111. The zero-order valence-electron chi connectivity index (χ0n) is 11.0. The molecule has 2 aliphatic carbocycles. The Morgan fingerprint density at radius 3 is 2.50 bits per heavy atom. The first-order chi connectivity index (χ1) is 8.75. The van der Waals surface area contributed by atoms with Gasteiger partial charge in [-0.05, 0) is 31.6 Å². The number of hydrogen-bond donors (Lipinski definition) is 2. The van der Waals surface area contributed by atoms with Crippen molar-refractivity contribution in [2.45, 2.75) is 69.9 Å². The van der Waals surface area contributed by atoms with Crippen molar-refractivity contribution < 1.29 is 4.79 Å². The maximum absolute atomic E-state index is 12.2. The molecule has 1 atom stereocenters. The van der Waals surface area contributed by atoms with Gasteiger partial charge in [0.05, 0.1) is 0 Å². The van der Waals surface area contributed by atoms with Crippen molar-refractivity contribution in [2.75, 3.05) is 0 Å². The normalized spacial score (nSPS) is 29.8. The maximum atomic E-state index is 12.2. The lowest BCUT2D eigenvalue weighted by atomic mass is 9.85. The predicted molar refractivity (Wildman–Crippen MR) is 70.3 cm³/mol. The quantitative estimate of drug-likeness (QED) is 0.803. The first-order valence-electron chi connectivity index (χ1n) is 7.44. The summed E-state index contributed by atoms with van der Waals surface area (Å²) in [5.41, 5.74) is 0. The molecule has 1 aliphatic heterocycles. The van der Waals surface area contributed by atoms with Gasteiger partial charge in [-0.15, -0.1) is 0 Å². The molecule has 3 aliphatic rings. The minimum absolute atomic E-state index is 0.111. The van der Waals surface area contributed by atoms with Gasteiger partial charge in [0.25, 0.3) is 5.91 Å². The molecule has 1 saturated heterocycles. The Morgan fingerprint density at radius 2 is 1.83 bits per heavy atom. The third kappa shape index (κ3) is 2.38. The highest BCUT2D eigenvalue weighted by Crippen LogP contribution is 2.32. The van der Waals surface area contributed by atoms with Crippen molar-refractivity contribution >= 4 is 11.9 Å². The van der Waals surface area contributed by atoms with Crippen LogP contribution in [0.15, 0.2) is 0 Å². The molecule has 2 N–H and O–H groups in total. The molecule has 18 heavy (non-hydrogen) atoms. The summed E-state index contributed by atoms with van der Waals surface area (Å²) in [7, 11) is 0. The number of rotatable bonds is 4. The van der Waals surface area contributed by atoms with Crippen molar-refractivity contribution in [1.82, 2.24) is 10.2 Å². The van der Waals surface area contributed by atoms with Crippen LogP contribution in [0.2, 0.25) is 0 Å². The molecular weight excluding hydrogens is 226 g/mol. The average Bonchev–Trinajstić information content (AvgIpc) is 3.16. The molecular formula is C14H23N3O. The van der Waals surface area contributed by atoms with Crippen LogP contribution in [0.25, 0.3) is 0 Å². The van der Waals surface area contributed by atoms with Crippen LogP contribution in [0.3, 0.4) is 0 Å². The summed E-state index contributed by atoms with van der Waals surface area (Å²) in [5.74, 6) is 1.31. The second-order valence-corrected chi connectivity index (χ2v) is 6.07. The second kappa shape index (κ2) is 4.90. The summed E-state index contributed by atoms with van der Waals surface area (Å²) in [5, 5.41) is 10.9. The number of carbonyl (C=O) groups excluding carboxylic acids is 1. The Morgan fingerprint density at radius 1 is 1.11 bits per heavy atom. The lowest BCUT2D eigenvalue weighted by Gasteiger charge is -2.22. The molecule has 100 valence electrons. The molecule has 3 fully saturated rings. The Hall–Kier alpha value is -1.06. The van der Waals surface area contributed by atoms with E-state index < -0.39 is 0 Å². The Kier molecular flexibility index (Phi) is 3.27. The molecule has 0 aromatic carbocycles. The van der Waals surface area contributed by atoms with Gasteiger partial charge in [-0.1, -0.05) is 32.1 Å². The summed E-state index contributed by atoms with van der Waals surface area (Å²) < 4.78 is 0. The van der Waals surface area contributed by atoms with E-state index in [9.17, 15) is 4.79 Å². The predicted octanol–water partition coefficient (Wildman–Crippen LogP) is 2.24. The van der Waals surface area contributed by atoms with E-state index in [1.807, 2.05) is 0 Å². The van der Waals surface area contributed by atoms with Crippen LogP contribution >= 0.6 is 0 Å². The van der Waals surface area contributed by atoms with Crippen LogP contribution < -0.4 is 5.32 Å². The fraction of sp³-hybridized carbons (Fsp3) is 0.857. The van der Waals surface area contributed by atoms with Crippen molar-refractivity contribution in [3.63, 3.8) is 0 Å². The van der Waals surface area contributed by atoms with Crippen LogP contribution in [0, 0.1) is 11.3 Å². The van der Waals surface area contributed by atoms with Crippen LogP contribution in [0.5, 0.6) is 0 Å². The smallest absolute Gasteiger partial charge is 0.252 e. The molecule has 0 radical (unpaired) electrons. The van der Waals surface area contributed by atoms with E-state index in [1.165, 1.54) is 32.1 Å². The van der Waals surface area contributed by atoms with E-state index in [0.717, 1.165) is 31.6 Å². The molecule has 4 nitrogen and oxygen atoms in total. The number of nitrogens with one attached hydrogen (secondary N) is 2. The van der Waals surface area contributed by atoms with Gasteiger partial charge < -0.3 is 5.32 Å². The zero-order valence-corrected chi connectivity index (χ0v) is 11.0. The summed E-state index contributed by atoms with van der Waals surface area (Å²) in [6, 6.07) is 0.220. The average molecular weight is 249 g/mol. The first kappa shape index (κ1) is 12.0. The fourth-order valence-electron chi connectivity index (χ4n) is 3.34. The van der Waals surface area contributed by atoms with E-state index in [-0.39, 0.29) is 11.9 Å². The standard InChI is InChI=1S/C14H23N3O/c15-14-16-12(13(18)17(14)11-7-8-11)9-6-10-4-2-1-3-5-10/h10-12H,1-9H2,(H2,15,16). The molecule has 3 rings (SSSR count). The number of guanidine groups is 1. The zero-order chi connectivity index (χ0) is 12.5. The molecule has 2 saturated carbocycles. The summed E-state index contributed by atoms with van der Waals surface area (Å²) in [6.07, 6.45) is 11.0. The third-order valence-electron chi connectivity index (χ3n) is 4.59. The largest absolute Gasteiger partial charge is 0.344 e. The molecule has 0 aromatic heterocycles. The first-order valence-corrected chi connectivity index (χ1v) is 7.44. The Bertz CT molecular complexity index is 345. The number of nitrogens with zero attached hydrogens (tertiary/aromatic N) is 1. The number of hydrogen-bond acceptors (Lipinski definition) is 2. The van der Waals surface area contributed by atoms with Crippen molar-refractivity contribution in [1.29, 1.82) is 5.41 Å². The lowest BCUT2D eigenvalue weighted by Crippen LogP contribution is -2.33. The van der Waals surface area contributed by atoms with E-state index in [0.29, 0.717) is 12.0 Å². The summed E-state index contributed by atoms with van der Waals surface area (Å²) in [4.78, 5) is 13.9. The van der Waals surface area contributed by atoms with Gasteiger partial charge >= 0.3 is 0 Å². The van der Waals surface area contributed by atoms with Gasteiger partial charge in [0.2, 0.25) is 0 Å². The Labute approximate surface area is 109 Å². The van der Waals surface area contributed by atoms with Crippen molar-refractivity contribution in [3.05, 3.63) is 0 Å². The van der Waals surface area contributed by atoms with Crippen molar-refractivity contribution in [3.8, 4) is 0 Å². The van der Waals surface area contributed by atoms with Crippen LogP contribution in [-0.4, -0.2) is 28.9 Å². The molecule has 1 heterocycles. The molecule has 0 bridgehead atoms. The number of amides is 1. The van der Waals surface area contributed by atoms with Crippen LogP contribution in [0.4, 0.5) is 0 Å². The van der Waals surface area contributed by atoms with Crippen LogP contribution in [0.1, 0.15) is 57.8 Å². The summed E-state index contributed by atoms with van der Waals surface area (Å²) in [6.45, 7) is 0. The van der Waals surface area contributed by atoms with E-state index in [1.54, 1.807) is 4.90 Å². The maximum Gasteiger partial charge on any atom is 0.252 e. The minimum Gasteiger partial charge on any atom is -0.344 e. The highest BCUT2D eigenvalue weighted by atomic mass is 16.2. The molecule has 1 unspecified atom stereocenters. The third-order valence-corrected chi connectivity index (χ3v) is 4.59. The van der Waals surface area contributed by atoms with Gasteiger partial charge in [-0.2, -0.15) is 0 Å². The fourth-order valence-corrected chi connectivity index (χ4v) is 3.34. The molecule has 4 heteroatoms. The van der Waals surface area contributed by atoms with Gasteiger partial charge in [-0.25, -0.2) is 0 Å². The lowest BCUT2D eigenvalue weighted by molar-refractivity contribution is -0.127. The summed E-state index contributed by atoms with van der Waals surface area (Å²) >= 11 is 0. The highest BCUT2D eigenvalue weighted by Gasteiger charge is 2.43. The molecule has 0 spiro atoms. The van der Waals surface area contributed by atoms with E-state index in [4.69, 9.17) is 5.41 Å². The second-order valence-electron chi connectivity index (χ2n) is 6.07. The van der Waals surface area contributed by atoms with Crippen LogP contribution in [-0.2, 0) is 4.79 Å². The topological polar surface area (TPSA) is 56.2 Å². The Balaban J connectivity index is 1.50. The molecule has 0 aromatic rings. The monoisotopic (exact) mass is 249 g/mol. The van der Waals surface area contributed by atoms with Gasteiger partial charge in [0.15, 0.2) is 5.96 Å².